The molecule has 0 aliphatic heterocycles. The molecule has 2 nitrogen and oxygen atoms in total. The molecule has 120 valence electrons. The first-order chi connectivity index (χ1) is 10.5. The number of nitrogens with zero attached hydrogens (tertiary/aromatic N) is 1. The first kappa shape index (κ1) is 14.7. The fourth-order valence-electron chi connectivity index (χ4n) is 7.30. The Kier molecular flexibility index (Phi) is 3.23. The van der Waals surface area contributed by atoms with Crippen LogP contribution in [0, 0.1) is 51.8 Å². The third-order valence-electron chi connectivity index (χ3n) is 8.48. The zero-order chi connectivity index (χ0) is 15.5. The summed E-state index contributed by atoms with van der Waals surface area (Å²) >= 11 is 0. The standard InChI is InChI=1S/C20H29NO/c1-19-9-4-3-5-14(19)6-7-15-16(19)8-10-20(2)17(22)11-13(12-21)18(15)20/h13-16,18H,3-11H2,1-2H3/t13-,14-,15+,16-,18+,19+,20-/m1/s1. The van der Waals surface area contributed by atoms with Gasteiger partial charge in [-0.3, -0.25) is 4.79 Å². The number of fused-ring (bicyclic) bond motifs is 5. The Bertz CT molecular complexity index is 534. The van der Waals surface area contributed by atoms with Crippen LogP contribution >= 0.6 is 0 Å². The number of hydrogen-bond acceptors (Lipinski definition) is 2. The highest BCUT2D eigenvalue weighted by molar-refractivity contribution is 5.88. The molecule has 7 atom stereocenters. The highest BCUT2D eigenvalue weighted by Gasteiger charge is 2.62. The first-order valence-corrected chi connectivity index (χ1v) is 9.43. The number of rotatable bonds is 0. The van der Waals surface area contributed by atoms with E-state index < -0.39 is 0 Å². The van der Waals surface area contributed by atoms with Crippen LogP contribution in [-0.4, -0.2) is 5.78 Å². The highest BCUT2D eigenvalue weighted by Crippen LogP contribution is 2.66. The smallest absolute Gasteiger partial charge is 0.140 e. The summed E-state index contributed by atoms with van der Waals surface area (Å²) in [5, 5.41) is 9.62. The molecule has 0 aromatic carbocycles. The molecule has 4 aliphatic carbocycles. The lowest BCUT2D eigenvalue weighted by Crippen LogP contribution is -2.53. The molecular weight excluding hydrogens is 270 g/mol. The molecule has 0 aromatic heterocycles. The van der Waals surface area contributed by atoms with Crippen molar-refractivity contribution < 1.29 is 4.79 Å². The van der Waals surface area contributed by atoms with E-state index >= 15 is 0 Å². The zero-order valence-corrected chi connectivity index (χ0v) is 14.1. The third-order valence-corrected chi connectivity index (χ3v) is 8.48. The Morgan fingerprint density at radius 1 is 1.09 bits per heavy atom. The van der Waals surface area contributed by atoms with Gasteiger partial charge in [-0.15, -0.1) is 0 Å². The van der Waals surface area contributed by atoms with Gasteiger partial charge in [0.2, 0.25) is 0 Å². The predicted molar refractivity (Wildman–Crippen MR) is 85.8 cm³/mol. The number of nitriles is 1. The molecule has 4 fully saturated rings. The molecule has 4 aliphatic rings. The van der Waals surface area contributed by atoms with Gasteiger partial charge in [-0.25, -0.2) is 0 Å². The van der Waals surface area contributed by atoms with E-state index in [0.717, 1.165) is 18.3 Å². The van der Waals surface area contributed by atoms with Gasteiger partial charge in [0.05, 0.1) is 12.0 Å². The minimum absolute atomic E-state index is 0.00552. The van der Waals surface area contributed by atoms with Gasteiger partial charge in [0.1, 0.15) is 5.78 Å². The topological polar surface area (TPSA) is 40.9 Å². The van der Waals surface area contributed by atoms with E-state index in [2.05, 4.69) is 19.9 Å². The Hall–Kier alpha value is -0.840. The molecule has 0 N–H and O–H groups in total. The Balaban J connectivity index is 1.71. The van der Waals surface area contributed by atoms with Crippen LogP contribution in [0.25, 0.3) is 0 Å². The maximum atomic E-state index is 12.6. The van der Waals surface area contributed by atoms with Gasteiger partial charge in [-0.1, -0.05) is 26.7 Å². The number of Topliss-reactive ketones (excluding diaryl/α,β-unsaturated/α-hetero) is 1. The lowest BCUT2D eigenvalue weighted by molar-refractivity contribution is -0.139. The van der Waals surface area contributed by atoms with Crippen molar-refractivity contribution in [1.82, 2.24) is 0 Å². The van der Waals surface area contributed by atoms with Crippen LogP contribution in [0.1, 0.15) is 71.6 Å². The van der Waals surface area contributed by atoms with Gasteiger partial charge in [0, 0.05) is 11.8 Å². The Labute approximate surface area is 134 Å². The largest absolute Gasteiger partial charge is 0.299 e. The summed E-state index contributed by atoms with van der Waals surface area (Å²) in [5.41, 5.74) is 0.313. The quantitative estimate of drug-likeness (QED) is 0.648. The van der Waals surface area contributed by atoms with E-state index in [9.17, 15) is 10.1 Å². The first-order valence-electron chi connectivity index (χ1n) is 9.43. The van der Waals surface area contributed by atoms with E-state index in [0.29, 0.717) is 29.5 Å². The van der Waals surface area contributed by atoms with Crippen LogP contribution in [0.15, 0.2) is 0 Å². The highest BCUT2D eigenvalue weighted by atomic mass is 16.1. The van der Waals surface area contributed by atoms with Crippen molar-refractivity contribution in [1.29, 1.82) is 5.26 Å². The molecule has 0 radical (unpaired) electrons. The van der Waals surface area contributed by atoms with Gasteiger partial charge in [0.25, 0.3) is 0 Å². The number of hydrogen-bond donors (Lipinski definition) is 0. The summed E-state index contributed by atoms with van der Waals surface area (Å²) in [6, 6.07) is 2.52. The number of carbonyl (C=O) groups is 1. The van der Waals surface area contributed by atoms with E-state index in [1.165, 1.54) is 44.9 Å². The molecule has 4 rings (SSSR count). The lowest BCUT2D eigenvalue weighted by Gasteiger charge is -2.59. The normalized spacial score (nSPS) is 54.0. The average molecular weight is 299 g/mol. The molecule has 0 unspecified atom stereocenters. The van der Waals surface area contributed by atoms with Gasteiger partial charge in [-0.2, -0.15) is 5.26 Å². The van der Waals surface area contributed by atoms with E-state index in [4.69, 9.17) is 0 Å². The SMILES string of the molecule is C[C@]12CCCC[C@@H]1CC[C@@H]1[C@@H]3[C@@H](C#N)CC(=O)[C@@]3(C)CC[C@H]12. The Morgan fingerprint density at radius 2 is 1.91 bits per heavy atom. The fraction of sp³-hybridized carbons (Fsp3) is 0.900. The summed E-state index contributed by atoms with van der Waals surface area (Å²) < 4.78 is 0. The molecule has 0 amide bonds. The molecule has 0 bridgehead atoms. The van der Waals surface area contributed by atoms with Crippen molar-refractivity contribution in [3.8, 4) is 6.07 Å². The summed E-state index contributed by atoms with van der Waals surface area (Å²) in [6.07, 6.45) is 11.0. The van der Waals surface area contributed by atoms with Crippen molar-refractivity contribution in [2.75, 3.05) is 0 Å². The van der Waals surface area contributed by atoms with E-state index in [-0.39, 0.29) is 11.3 Å². The molecule has 4 saturated carbocycles. The molecule has 22 heavy (non-hydrogen) atoms. The minimum atomic E-state index is -0.181. The minimum Gasteiger partial charge on any atom is -0.299 e. The number of carbonyl (C=O) groups excluding carboxylic acids is 1. The van der Waals surface area contributed by atoms with Crippen LogP contribution in [0.3, 0.4) is 0 Å². The molecule has 0 saturated heterocycles. The molecule has 0 heterocycles. The number of ketones is 1. The van der Waals surface area contributed by atoms with Gasteiger partial charge >= 0.3 is 0 Å². The summed E-state index contributed by atoms with van der Waals surface area (Å²) in [7, 11) is 0. The van der Waals surface area contributed by atoms with E-state index in [1.807, 2.05) is 0 Å². The molecule has 0 aromatic rings. The van der Waals surface area contributed by atoms with Crippen molar-refractivity contribution in [3.05, 3.63) is 0 Å². The van der Waals surface area contributed by atoms with Crippen molar-refractivity contribution >= 4 is 5.78 Å². The van der Waals surface area contributed by atoms with Crippen molar-refractivity contribution in [3.63, 3.8) is 0 Å². The molecule has 0 spiro atoms. The molecule has 2 heteroatoms. The van der Waals surface area contributed by atoms with Crippen molar-refractivity contribution in [2.45, 2.75) is 71.6 Å². The Morgan fingerprint density at radius 3 is 2.68 bits per heavy atom. The molecular formula is C20H29NO. The van der Waals surface area contributed by atoms with Gasteiger partial charge < -0.3 is 0 Å². The van der Waals surface area contributed by atoms with Crippen LogP contribution < -0.4 is 0 Å². The summed E-state index contributed by atoms with van der Waals surface area (Å²) in [6.45, 7) is 4.73. The second kappa shape index (κ2) is 4.83. The second-order valence-electron chi connectivity index (χ2n) is 9.14. The van der Waals surface area contributed by atoms with Gasteiger partial charge in [-0.05, 0) is 67.6 Å². The van der Waals surface area contributed by atoms with Crippen LogP contribution in [-0.2, 0) is 4.79 Å². The average Bonchev–Trinajstić information content (AvgIpc) is 2.78. The second-order valence-corrected chi connectivity index (χ2v) is 9.14. The van der Waals surface area contributed by atoms with Crippen LogP contribution in [0.2, 0.25) is 0 Å². The summed E-state index contributed by atoms with van der Waals surface area (Å²) in [4.78, 5) is 12.6. The maximum absolute atomic E-state index is 12.6. The lowest BCUT2D eigenvalue weighted by atomic mass is 9.45. The maximum Gasteiger partial charge on any atom is 0.140 e. The van der Waals surface area contributed by atoms with Crippen LogP contribution in [0.5, 0.6) is 0 Å². The monoisotopic (exact) mass is 299 g/mol. The van der Waals surface area contributed by atoms with Gasteiger partial charge in [0.15, 0.2) is 0 Å². The van der Waals surface area contributed by atoms with E-state index in [1.54, 1.807) is 0 Å². The third kappa shape index (κ3) is 1.75. The zero-order valence-electron chi connectivity index (χ0n) is 14.1. The summed E-state index contributed by atoms with van der Waals surface area (Å²) in [5.74, 6) is 3.04. The van der Waals surface area contributed by atoms with Crippen LogP contribution in [0.4, 0.5) is 0 Å². The van der Waals surface area contributed by atoms with Crippen molar-refractivity contribution in [2.24, 2.45) is 40.4 Å². The fourth-order valence-corrected chi connectivity index (χ4v) is 7.30. The predicted octanol–water partition coefficient (Wildman–Crippen LogP) is 4.74.